The van der Waals surface area contributed by atoms with Crippen molar-refractivity contribution in [3.63, 3.8) is 0 Å². The van der Waals surface area contributed by atoms with Gasteiger partial charge >= 0.3 is 0 Å². The first-order valence-electron chi connectivity index (χ1n) is 12.5. The summed E-state index contributed by atoms with van der Waals surface area (Å²) >= 11 is 19.1. The highest BCUT2D eigenvalue weighted by molar-refractivity contribution is 6.35. The molecular formula is C27H25Cl3N6. The zero-order valence-corrected chi connectivity index (χ0v) is 22.1. The Balaban J connectivity index is 1.41. The first-order chi connectivity index (χ1) is 17.4. The summed E-state index contributed by atoms with van der Waals surface area (Å²) in [6.45, 7) is 2.07. The first-order valence-corrected chi connectivity index (χ1v) is 13.6. The predicted molar refractivity (Wildman–Crippen MR) is 142 cm³/mol. The summed E-state index contributed by atoms with van der Waals surface area (Å²) in [4.78, 5) is 0. The molecule has 4 aromatic rings. The Morgan fingerprint density at radius 1 is 0.861 bits per heavy atom. The van der Waals surface area contributed by atoms with E-state index in [1.165, 1.54) is 19.3 Å². The first kappa shape index (κ1) is 22.8. The Labute approximate surface area is 224 Å². The van der Waals surface area contributed by atoms with Gasteiger partial charge in [-0.2, -0.15) is 5.10 Å². The molecule has 2 aromatic heterocycles. The molecule has 4 bridgehead atoms. The lowest BCUT2D eigenvalue weighted by atomic mass is 9.53. The zero-order valence-electron chi connectivity index (χ0n) is 19.8. The predicted octanol–water partition coefficient (Wildman–Crippen LogP) is 7.39. The fourth-order valence-electron chi connectivity index (χ4n) is 7.46. The molecule has 0 spiro atoms. The number of benzene rings is 2. The van der Waals surface area contributed by atoms with Gasteiger partial charge in [-0.1, -0.05) is 46.9 Å². The smallest absolute Gasteiger partial charge is 0.203 e. The summed E-state index contributed by atoms with van der Waals surface area (Å²) in [5.41, 5.74) is 4.40. The Bertz CT molecular complexity index is 1440. The maximum Gasteiger partial charge on any atom is 0.203 e. The van der Waals surface area contributed by atoms with Crippen molar-refractivity contribution < 1.29 is 0 Å². The minimum Gasteiger partial charge on any atom is -0.231 e. The van der Waals surface area contributed by atoms with Gasteiger partial charge in [0.1, 0.15) is 5.69 Å². The monoisotopic (exact) mass is 538 g/mol. The summed E-state index contributed by atoms with van der Waals surface area (Å²) in [5.74, 6) is 3.08. The average Bonchev–Trinajstić information content (AvgIpc) is 3.44. The molecule has 184 valence electrons. The van der Waals surface area contributed by atoms with Gasteiger partial charge in [0.25, 0.3) is 0 Å². The van der Waals surface area contributed by atoms with Crippen LogP contribution in [0, 0.1) is 24.7 Å². The highest BCUT2D eigenvalue weighted by Gasteiger charge is 2.53. The minimum absolute atomic E-state index is 0.0117. The van der Waals surface area contributed by atoms with Crippen molar-refractivity contribution in [2.45, 2.75) is 51.0 Å². The van der Waals surface area contributed by atoms with Gasteiger partial charge in [0, 0.05) is 21.2 Å². The van der Waals surface area contributed by atoms with Crippen molar-refractivity contribution >= 4 is 34.8 Å². The van der Waals surface area contributed by atoms with Crippen LogP contribution in [0.25, 0.3) is 28.5 Å². The Hall–Kier alpha value is -2.41. The topological polar surface area (TPSA) is 61.4 Å². The van der Waals surface area contributed by atoms with Crippen LogP contribution in [0.4, 0.5) is 0 Å². The molecule has 0 atom stereocenters. The molecule has 0 N–H and O–H groups in total. The molecule has 6 nitrogen and oxygen atoms in total. The molecular weight excluding hydrogens is 515 g/mol. The summed E-state index contributed by atoms with van der Waals surface area (Å²) in [5, 5.41) is 20.2. The van der Waals surface area contributed by atoms with Gasteiger partial charge in [0.15, 0.2) is 0 Å². The number of hydrogen-bond acceptors (Lipinski definition) is 4. The molecule has 0 amide bonds. The van der Waals surface area contributed by atoms with Crippen molar-refractivity contribution in [2.75, 3.05) is 0 Å². The molecule has 0 unspecified atom stereocenters. The fraction of sp³-hybridized carbons (Fsp3) is 0.407. The second-order valence-electron chi connectivity index (χ2n) is 10.9. The molecule has 8 rings (SSSR count). The molecule has 4 aliphatic rings. The number of hydrogen-bond donors (Lipinski definition) is 0. The number of tetrazole rings is 1. The number of aromatic nitrogens is 6. The van der Waals surface area contributed by atoms with E-state index in [0.717, 1.165) is 71.0 Å². The average molecular weight is 540 g/mol. The van der Waals surface area contributed by atoms with Crippen LogP contribution in [0.15, 0.2) is 42.5 Å². The van der Waals surface area contributed by atoms with E-state index in [1.54, 1.807) is 6.07 Å². The van der Waals surface area contributed by atoms with E-state index < -0.39 is 0 Å². The van der Waals surface area contributed by atoms with Crippen molar-refractivity contribution in [3.05, 3.63) is 63.1 Å². The van der Waals surface area contributed by atoms with Gasteiger partial charge in [-0.3, -0.25) is 0 Å². The second kappa shape index (κ2) is 8.30. The maximum absolute atomic E-state index is 6.67. The van der Waals surface area contributed by atoms with E-state index in [1.807, 2.05) is 41.1 Å². The quantitative estimate of drug-likeness (QED) is 0.271. The van der Waals surface area contributed by atoms with Gasteiger partial charge < -0.3 is 0 Å². The standard InChI is InChI=1S/C27H25Cl3N6/c1-15-24(26-31-33-34-36(26)27-12-16-8-17(13-27)10-18(9-16)14-27)32-35(23-7-6-21(29)11-22(23)30)25(15)19-2-4-20(28)5-3-19/h2-7,11,16-18H,8-10,12-14H2,1H3. The van der Waals surface area contributed by atoms with Gasteiger partial charge in [-0.05, 0) is 104 Å². The molecule has 36 heavy (non-hydrogen) atoms. The van der Waals surface area contributed by atoms with Crippen LogP contribution in [0.3, 0.4) is 0 Å². The summed E-state index contributed by atoms with van der Waals surface area (Å²) in [7, 11) is 0. The summed E-state index contributed by atoms with van der Waals surface area (Å²) < 4.78 is 4.00. The van der Waals surface area contributed by atoms with Crippen LogP contribution in [0.1, 0.15) is 44.1 Å². The third-order valence-electron chi connectivity index (χ3n) is 8.51. The maximum atomic E-state index is 6.67. The van der Waals surface area contributed by atoms with E-state index in [2.05, 4.69) is 27.1 Å². The lowest BCUT2D eigenvalue weighted by Crippen LogP contribution is -2.52. The molecule has 4 fully saturated rings. The zero-order chi connectivity index (χ0) is 24.6. The molecule has 0 radical (unpaired) electrons. The molecule has 0 saturated heterocycles. The molecule has 2 aromatic carbocycles. The molecule has 9 heteroatoms. The van der Waals surface area contributed by atoms with Crippen molar-refractivity contribution in [1.29, 1.82) is 0 Å². The highest BCUT2D eigenvalue weighted by Crippen LogP contribution is 2.59. The van der Waals surface area contributed by atoms with E-state index in [4.69, 9.17) is 39.9 Å². The molecule has 0 aliphatic heterocycles. The molecule has 4 saturated carbocycles. The highest BCUT2D eigenvalue weighted by atomic mass is 35.5. The lowest BCUT2D eigenvalue weighted by Gasteiger charge is -2.56. The number of rotatable bonds is 4. The fourth-order valence-corrected chi connectivity index (χ4v) is 8.08. The lowest BCUT2D eigenvalue weighted by molar-refractivity contribution is -0.0493. The van der Waals surface area contributed by atoms with Crippen LogP contribution in [0.2, 0.25) is 15.1 Å². The van der Waals surface area contributed by atoms with Crippen LogP contribution in [0.5, 0.6) is 0 Å². The van der Waals surface area contributed by atoms with Crippen LogP contribution >= 0.6 is 34.8 Å². The van der Waals surface area contributed by atoms with Crippen LogP contribution in [-0.4, -0.2) is 30.0 Å². The van der Waals surface area contributed by atoms with E-state index in [9.17, 15) is 0 Å². The SMILES string of the molecule is Cc1c(-c2nnnn2C23CC4CC(CC(C4)C2)C3)nn(-c2ccc(Cl)cc2Cl)c1-c1ccc(Cl)cc1. The summed E-state index contributed by atoms with van der Waals surface area (Å²) in [6.07, 6.45) is 7.55. The third-order valence-corrected chi connectivity index (χ3v) is 9.30. The largest absolute Gasteiger partial charge is 0.231 e. The molecule has 2 heterocycles. The minimum atomic E-state index is -0.0117. The van der Waals surface area contributed by atoms with Gasteiger partial charge in [-0.15, -0.1) is 5.10 Å². The normalized spacial score (nSPS) is 26.6. The Kier molecular flexibility index (Phi) is 5.25. The summed E-state index contributed by atoms with van der Waals surface area (Å²) in [6, 6.07) is 13.2. The van der Waals surface area contributed by atoms with Crippen molar-refractivity contribution in [3.8, 4) is 28.5 Å². The van der Waals surface area contributed by atoms with Gasteiger partial charge in [-0.25, -0.2) is 9.36 Å². The Morgan fingerprint density at radius 2 is 1.50 bits per heavy atom. The van der Waals surface area contributed by atoms with Gasteiger partial charge in [0.05, 0.1) is 21.9 Å². The Morgan fingerprint density at radius 3 is 2.14 bits per heavy atom. The van der Waals surface area contributed by atoms with E-state index in [-0.39, 0.29) is 5.54 Å². The van der Waals surface area contributed by atoms with Crippen LogP contribution < -0.4 is 0 Å². The van der Waals surface area contributed by atoms with E-state index in [0.29, 0.717) is 15.1 Å². The van der Waals surface area contributed by atoms with E-state index >= 15 is 0 Å². The number of halogens is 3. The van der Waals surface area contributed by atoms with Gasteiger partial charge in [0.2, 0.25) is 5.82 Å². The second-order valence-corrected chi connectivity index (χ2v) is 12.2. The van der Waals surface area contributed by atoms with Crippen molar-refractivity contribution in [2.24, 2.45) is 17.8 Å². The number of nitrogens with zero attached hydrogens (tertiary/aromatic N) is 6. The third kappa shape index (κ3) is 3.52. The van der Waals surface area contributed by atoms with Crippen molar-refractivity contribution in [1.82, 2.24) is 30.0 Å². The van der Waals surface area contributed by atoms with Crippen LogP contribution in [-0.2, 0) is 5.54 Å². The molecule has 4 aliphatic carbocycles.